The fourth-order valence-electron chi connectivity index (χ4n) is 2.09. The number of anilines is 1. The van der Waals surface area contributed by atoms with E-state index in [4.69, 9.17) is 27.6 Å². The largest absolute Gasteiger partial charge is 0.451 e. The van der Waals surface area contributed by atoms with E-state index < -0.39 is 17.8 Å². The Kier molecular flexibility index (Phi) is 4.66. The van der Waals surface area contributed by atoms with Crippen molar-refractivity contribution in [3.8, 4) is 0 Å². The van der Waals surface area contributed by atoms with Crippen LogP contribution in [0.15, 0.2) is 40.3 Å². The lowest BCUT2D eigenvalue weighted by Crippen LogP contribution is -2.54. The first kappa shape index (κ1) is 17.0. The molecule has 1 N–H and O–H groups in total. The van der Waals surface area contributed by atoms with Crippen molar-refractivity contribution < 1.29 is 18.8 Å². The van der Waals surface area contributed by atoms with E-state index in [0.717, 1.165) is 4.90 Å². The molecular weight excluding hydrogens is 470 g/mol. The zero-order valence-electron chi connectivity index (χ0n) is 11.7. The first-order chi connectivity index (χ1) is 11.4. The van der Waals surface area contributed by atoms with Gasteiger partial charge in [0.15, 0.2) is 3.77 Å². The third-order valence-corrected chi connectivity index (χ3v) is 4.25. The van der Waals surface area contributed by atoms with Crippen LogP contribution < -0.4 is 10.2 Å². The molecule has 1 aromatic heterocycles. The molecule has 2 heterocycles. The van der Waals surface area contributed by atoms with Crippen molar-refractivity contribution in [1.82, 2.24) is 5.32 Å². The van der Waals surface area contributed by atoms with Crippen LogP contribution in [0.5, 0.6) is 0 Å². The second kappa shape index (κ2) is 6.58. The summed E-state index contributed by atoms with van der Waals surface area (Å²) in [5, 5.41) is 2.56. The average Bonchev–Trinajstić information content (AvgIpc) is 2.91. The molecule has 122 valence electrons. The molecule has 0 saturated carbocycles. The maximum atomic E-state index is 12.6. The molecule has 1 aliphatic heterocycles. The Morgan fingerprint density at radius 3 is 2.50 bits per heavy atom. The van der Waals surface area contributed by atoms with Crippen molar-refractivity contribution in [3.05, 3.63) is 55.5 Å². The molecular formula is C15H7Cl2IN2O4. The topological polar surface area (TPSA) is 79.6 Å². The minimum Gasteiger partial charge on any atom is -0.451 e. The van der Waals surface area contributed by atoms with Gasteiger partial charge in [0, 0.05) is 5.02 Å². The normalized spacial score (nSPS) is 16.7. The van der Waals surface area contributed by atoms with Crippen molar-refractivity contribution in [2.24, 2.45) is 0 Å². The first-order valence-electron chi connectivity index (χ1n) is 6.48. The van der Waals surface area contributed by atoms with Gasteiger partial charge in [0.2, 0.25) is 0 Å². The molecule has 2 aromatic rings. The lowest BCUT2D eigenvalue weighted by Gasteiger charge is -2.26. The Morgan fingerprint density at radius 2 is 1.88 bits per heavy atom. The third-order valence-electron chi connectivity index (χ3n) is 3.13. The molecule has 0 unspecified atom stereocenters. The number of benzene rings is 1. The number of imide groups is 2. The number of hydrogen-bond donors (Lipinski definition) is 1. The molecule has 0 aliphatic carbocycles. The molecule has 0 atom stereocenters. The van der Waals surface area contributed by atoms with Gasteiger partial charge in [-0.3, -0.25) is 14.9 Å². The maximum absolute atomic E-state index is 12.6. The molecule has 24 heavy (non-hydrogen) atoms. The van der Waals surface area contributed by atoms with Gasteiger partial charge in [0.05, 0.1) is 10.7 Å². The third kappa shape index (κ3) is 3.19. The average molecular weight is 477 g/mol. The van der Waals surface area contributed by atoms with Gasteiger partial charge in [-0.05, 0) is 59.0 Å². The predicted octanol–water partition coefficient (Wildman–Crippen LogP) is 3.86. The Balaban J connectivity index is 2.04. The summed E-state index contributed by atoms with van der Waals surface area (Å²) in [6.07, 6.45) is 1.27. The lowest BCUT2D eigenvalue weighted by molar-refractivity contribution is -0.122. The minimum atomic E-state index is -0.889. The van der Waals surface area contributed by atoms with Gasteiger partial charge in [0.1, 0.15) is 11.3 Å². The van der Waals surface area contributed by atoms with E-state index in [1.807, 2.05) is 22.6 Å². The highest BCUT2D eigenvalue weighted by Crippen LogP contribution is 2.31. The molecule has 3 rings (SSSR count). The lowest BCUT2D eigenvalue weighted by atomic mass is 10.1. The van der Waals surface area contributed by atoms with Crippen molar-refractivity contribution in [3.63, 3.8) is 0 Å². The van der Waals surface area contributed by atoms with Crippen LogP contribution in [-0.2, 0) is 9.59 Å². The molecule has 9 heteroatoms. The van der Waals surface area contributed by atoms with Gasteiger partial charge in [-0.25, -0.2) is 9.69 Å². The zero-order valence-corrected chi connectivity index (χ0v) is 15.3. The zero-order chi connectivity index (χ0) is 17.4. The monoisotopic (exact) mass is 476 g/mol. The molecule has 4 amide bonds. The number of nitrogens with zero attached hydrogens (tertiary/aromatic N) is 1. The highest BCUT2D eigenvalue weighted by molar-refractivity contribution is 14.1. The van der Waals surface area contributed by atoms with Gasteiger partial charge in [-0.1, -0.05) is 23.2 Å². The van der Waals surface area contributed by atoms with E-state index in [1.165, 1.54) is 24.3 Å². The Labute approximate surface area is 159 Å². The molecule has 0 spiro atoms. The van der Waals surface area contributed by atoms with Crippen molar-refractivity contribution in [2.45, 2.75) is 0 Å². The summed E-state index contributed by atoms with van der Waals surface area (Å²) in [5.74, 6) is -1.30. The van der Waals surface area contributed by atoms with Crippen LogP contribution in [0.2, 0.25) is 10.0 Å². The molecule has 1 aliphatic rings. The number of rotatable bonds is 2. The van der Waals surface area contributed by atoms with Crippen LogP contribution >= 0.6 is 45.8 Å². The maximum Gasteiger partial charge on any atom is 0.335 e. The molecule has 0 radical (unpaired) electrons. The van der Waals surface area contributed by atoms with Gasteiger partial charge < -0.3 is 4.42 Å². The van der Waals surface area contributed by atoms with E-state index in [-0.39, 0.29) is 16.3 Å². The SMILES string of the molecule is O=C1NC(=O)N(c2ccc(Cl)cc2Cl)C(=O)/C1=C/c1ccc(I)o1. The predicted molar refractivity (Wildman–Crippen MR) is 96.9 cm³/mol. The number of halogens is 3. The number of nitrogens with one attached hydrogen (secondary N) is 1. The molecule has 0 bridgehead atoms. The first-order valence-corrected chi connectivity index (χ1v) is 8.32. The van der Waals surface area contributed by atoms with Gasteiger partial charge >= 0.3 is 6.03 Å². The van der Waals surface area contributed by atoms with Crippen LogP contribution in [0.4, 0.5) is 10.5 Å². The van der Waals surface area contributed by atoms with Crippen LogP contribution in [0.1, 0.15) is 5.76 Å². The number of hydrogen-bond acceptors (Lipinski definition) is 4. The van der Waals surface area contributed by atoms with E-state index in [1.54, 1.807) is 12.1 Å². The Morgan fingerprint density at radius 1 is 1.12 bits per heavy atom. The van der Waals surface area contributed by atoms with Crippen LogP contribution in [0, 0.1) is 3.77 Å². The quantitative estimate of drug-likeness (QED) is 0.405. The summed E-state index contributed by atoms with van der Waals surface area (Å²) < 4.78 is 5.92. The van der Waals surface area contributed by atoms with Crippen LogP contribution in [0.25, 0.3) is 6.08 Å². The van der Waals surface area contributed by atoms with Gasteiger partial charge in [-0.15, -0.1) is 0 Å². The molecule has 6 nitrogen and oxygen atoms in total. The fourth-order valence-corrected chi connectivity index (χ4v) is 3.01. The minimum absolute atomic E-state index is 0.104. The number of furan rings is 1. The summed E-state index contributed by atoms with van der Waals surface area (Å²) in [6, 6.07) is 6.69. The number of urea groups is 1. The number of barbiturate groups is 1. The standard InChI is InChI=1S/C15H7Cl2IN2O4/c16-7-1-3-11(10(17)5-7)20-14(22)9(13(21)19-15(20)23)6-8-2-4-12(18)24-8/h1-6H,(H,19,21,23)/b9-6+. The summed E-state index contributed by atoms with van der Waals surface area (Å²) >= 11 is 13.8. The van der Waals surface area contributed by atoms with Crippen molar-refractivity contribution in [2.75, 3.05) is 4.90 Å². The highest BCUT2D eigenvalue weighted by Gasteiger charge is 2.37. The summed E-state index contributed by atoms with van der Waals surface area (Å²) in [6.45, 7) is 0. The van der Waals surface area contributed by atoms with Crippen molar-refractivity contribution in [1.29, 1.82) is 0 Å². The summed E-state index contributed by atoms with van der Waals surface area (Å²) in [7, 11) is 0. The summed E-state index contributed by atoms with van der Waals surface area (Å²) in [5.41, 5.74) is -0.123. The Bertz CT molecular complexity index is 907. The highest BCUT2D eigenvalue weighted by atomic mass is 127. The smallest absolute Gasteiger partial charge is 0.335 e. The van der Waals surface area contributed by atoms with Crippen LogP contribution in [-0.4, -0.2) is 17.8 Å². The molecule has 1 aromatic carbocycles. The van der Waals surface area contributed by atoms with E-state index >= 15 is 0 Å². The second-order valence-corrected chi connectivity index (χ2v) is 6.60. The van der Waals surface area contributed by atoms with E-state index in [9.17, 15) is 14.4 Å². The number of carbonyl (C=O) groups excluding carboxylic acids is 3. The van der Waals surface area contributed by atoms with Crippen molar-refractivity contribution >= 4 is 75.4 Å². The second-order valence-electron chi connectivity index (χ2n) is 4.70. The molecule has 1 saturated heterocycles. The number of amides is 4. The van der Waals surface area contributed by atoms with Gasteiger partial charge in [-0.2, -0.15) is 0 Å². The summed E-state index contributed by atoms with van der Waals surface area (Å²) in [4.78, 5) is 37.5. The fraction of sp³-hybridized carbons (Fsp3) is 0. The van der Waals surface area contributed by atoms with E-state index in [2.05, 4.69) is 5.32 Å². The molecule has 1 fully saturated rings. The van der Waals surface area contributed by atoms with Crippen LogP contribution in [0.3, 0.4) is 0 Å². The Hall–Kier alpha value is -1.84. The van der Waals surface area contributed by atoms with E-state index in [0.29, 0.717) is 14.5 Å². The van der Waals surface area contributed by atoms with Gasteiger partial charge in [0.25, 0.3) is 11.8 Å². The number of carbonyl (C=O) groups is 3.